The zero-order valence-corrected chi connectivity index (χ0v) is 17.1. The van der Waals surface area contributed by atoms with Gasteiger partial charge >= 0.3 is 18.3 Å². The third-order valence-corrected chi connectivity index (χ3v) is 4.94. The number of carbonyl (C=O) groups is 2. The maximum atomic E-state index is 13.1. The summed E-state index contributed by atoms with van der Waals surface area (Å²) in [6.45, 7) is 0. The number of fused-ring (bicyclic) bond motifs is 1. The van der Waals surface area contributed by atoms with Crippen LogP contribution in [0.1, 0.15) is 27.0 Å². The van der Waals surface area contributed by atoms with Crippen LogP contribution in [0.25, 0.3) is 10.8 Å². The highest BCUT2D eigenvalue weighted by atomic mass is 19.4. The van der Waals surface area contributed by atoms with Crippen molar-refractivity contribution in [2.75, 3.05) is 7.11 Å². The average molecular weight is 469 g/mol. The lowest BCUT2D eigenvalue weighted by Crippen LogP contribution is -2.43. The molecule has 174 valence electrons. The Balaban J connectivity index is 1.96. The van der Waals surface area contributed by atoms with Gasteiger partial charge in [0.2, 0.25) is 0 Å². The van der Waals surface area contributed by atoms with Crippen molar-refractivity contribution in [2.24, 2.45) is 0 Å². The summed E-state index contributed by atoms with van der Waals surface area (Å²) < 4.78 is 83.3. The molecule has 0 bridgehead atoms. The zero-order valence-electron chi connectivity index (χ0n) is 17.1. The molecule has 0 spiro atoms. The molecule has 0 aliphatic carbocycles. The Labute approximate surface area is 184 Å². The normalized spacial score (nSPS) is 12.9. The van der Waals surface area contributed by atoms with Gasteiger partial charge in [-0.1, -0.05) is 42.5 Å². The van der Waals surface area contributed by atoms with Crippen molar-refractivity contribution < 1.29 is 40.7 Å². The molecule has 0 heterocycles. The fourth-order valence-electron chi connectivity index (χ4n) is 3.35. The van der Waals surface area contributed by atoms with E-state index in [-0.39, 0.29) is 12.5 Å². The van der Waals surface area contributed by atoms with E-state index < -0.39 is 47.0 Å². The number of hydrogen-bond donors (Lipinski definition) is 1. The summed E-state index contributed by atoms with van der Waals surface area (Å²) in [5.74, 6) is -2.18. The van der Waals surface area contributed by atoms with Crippen LogP contribution in [0.15, 0.2) is 60.7 Å². The highest BCUT2D eigenvalue weighted by Gasteiger charge is 2.38. The smallest absolute Gasteiger partial charge is 0.416 e. The predicted molar refractivity (Wildman–Crippen MR) is 107 cm³/mol. The number of carbonyl (C=O) groups excluding carboxylic acids is 2. The predicted octanol–water partition coefficient (Wildman–Crippen LogP) is 5.39. The number of benzene rings is 3. The topological polar surface area (TPSA) is 55.4 Å². The van der Waals surface area contributed by atoms with Crippen LogP contribution in [0.3, 0.4) is 0 Å². The van der Waals surface area contributed by atoms with Crippen LogP contribution < -0.4 is 5.32 Å². The van der Waals surface area contributed by atoms with Gasteiger partial charge in [-0.3, -0.25) is 4.79 Å². The van der Waals surface area contributed by atoms with Crippen molar-refractivity contribution in [1.29, 1.82) is 0 Å². The number of hydrogen-bond acceptors (Lipinski definition) is 3. The average Bonchev–Trinajstić information content (AvgIpc) is 2.76. The van der Waals surface area contributed by atoms with Crippen LogP contribution in [0.2, 0.25) is 0 Å². The first kappa shape index (κ1) is 24.1. The Morgan fingerprint density at radius 2 is 1.45 bits per heavy atom. The first-order chi connectivity index (χ1) is 15.4. The fraction of sp³-hybridized carbons (Fsp3) is 0.217. The van der Waals surface area contributed by atoms with Gasteiger partial charge < -0.3 is 10.1 Å². The summed E-state index contributed by atoms with van der Waals surface area (Å²) in [6.07, 6.45) is -10.3. The monoisotopic (exact) mass is 469 g/mol. The van der Waals surface area contributed by atoms with Crippen molar-refractivity contribution in [1.82, 2.24) is 5.32 Å². The summed E-state index contributed by atoms with van der Waals surface area (Å²) in [7, 11) is 1.05. The molecule has 1 N–H and O–H groups in total. The van der Waals surface area contributed by atoms with E-state index in [1.807, 2.05) is 12.1 Å². The summed E-state index contributed by atoms with van der Waals surface area (Å²) in [5, 5.41) is 3.82. The summed E-state index contributed by atoms with van der Waals surface area (Å²) >= 11 is 0. The molecule has 0 unspecified atom stereocenters. The van der Waals surface area contributed by atoms with Crippen LogP contribution in [0.4, 0.5) is 26.3 Å². The van der Waals surface area contributed by atoms with Gasteiger partial charge in [-0.25, -0.2) is 4.79 Å². The van der Waals surface area contributed by atoms with E-state index in [2.05, 4.69) is 10.1 Å². The van der Waals surface area contributed by atoms with E-state index in [0.717, 1.165) is 17.9 Å². The van der Waals surface area contributed by atoms with Gasteiger partial charge in [-0.15, -0.1) is 0 Å². The first-order valence-electron chi connectivity index (χ1n) is 9.55. The second kappa shape index (κ2) is 9.13. The number of nitrogens with one attached hydrogen (secondary N) is 1. The van der Waals surface area contributed by atoms with Crippen molar-refractivity contribution in [2.45, 2.75) is 24.8 Å². The number of rotatable bonds is 5. The minimum atomic E-state index is -5.11. The Bertz CT molecular complexity index is 1150. The van der Waals surface area contributed by atoms with E-state index in [1.54, 1.807) is 30.3 Å². The minimum absolute atomic E-state index is 0.0787. The van der Waals surface area contributed by atoms with Crippen LogP contribution in [-0.4, -0.2) is 25.0 Å². The highest BCUT2D eigenvalue weighted by Crippen LogP contribution is 2.36. The molecule has 3 rings (SSSR count). The van der Waals surface area contributed by atoms with Crippen LogP contribution >= 0.6 is 0 Å². The number of esters is 1. The first-order valence-corrected chi connectivity index (χ1v) is 9.55. The molecule has 0 saturated carbocycles. The lowest BCUT2D eigenvalue weighted by molar-refractivity contribution is -0.144. The van der Waals surface area contributed by atoms with Crippen LogP contribution in [-0.2, 0) is 28.3 Å². The maximum Gasteiger partial charge on any atom is 0.416 e. The van der Waals surface area contributed by atoms with Gasteiger partial charge in [0.15, 0.2) is 0 Å². The Morgan fingerprint density at radius 1 is 0.879 bits per heavy atom. The van der Waals surface area contributed by atoms with E-state index in [1.165, 1.54) is 0 Å². The van der Waals surface area contributed by atoms with Gasteiger partial charge in [0.05, 0.1) is 18.2 Å². The van der Waals surface area contributed by atoms with E-state index in [4.69, 9.17) is 0 Å². The molecule has 3 aromatic rings. The minimum Gasteiger partial charge on any atom is -0.467 e. The van der Waals surface area contributed by atoms with Gasteiger partial charge in [-0.2, -0.15) is 26.3 Å². The lowest BCUT2D eigenvalue weighted by atomic mass is 9.98. The standard InChI is InChI=1S/C23H17F6NO3/c1-33-21(32)19(11-14-7-4-6-13-5-2-3-8-18(13)14)30-20(31)15-9-16(22(24,25)26)12-17(10-15)23(27,28)29/h2-10,12,19H,11H2,1H3,(H,30,31)/t19-/m1/s1. The van der Waals surface area contributed by atoms with Crippen molar-refractivity contribution >= 4 is 22.6 Å². The van der Waals surface area contributed by atoms with Crippen molar-refractivity contribution in [3.05, 3.63) is 82.9 Å². The lowest BCUT2D eigenvalue weighted by Gasteiger charge is -2.19. The Hall–Kier alpha value is -3.56. The number of ether oxygens (including phenoxy) is 1. The fourth-order valence-corrected chi connectivity index (χ4v) is 3.35. The van der Waals surface area contributed by atoms with Gasteiger partial charge in [0.25, 0.3) is 5.91 Å². The van der Waals surface area contributed by atoms with E-state index in [9.17, 15) is 35.9 Å². The molecule has 0 aliphatic heterocycles. The molecule has 0 radical (unpaired) electrons. The number of methoxy groups -OCH3 is 1. The second-order valence-electron chi connectivity index (χ2n) is 7.19. The summed E-state index contributed by atoms with van der Waals surface area (Å²) in [4.78, 5) is 24.9. The third kappa shape index (κ3) is 5.63. The van der Waals surface area contributed by atoms with Crippen LogP contribution in [0.5, 0.6) is 0 Å². The van der Waals surface area contributed by atoms with E-state index in [0.29, 0.717) is 17.7 Å². The van der Waals surface area contributed by atoms with Gasteiger partial charge in [0.1, 0.15) is 6.04 Å². The van der Waals surface area contributed by atoms with Crippen molar-refractivity contribution in [3.63, 3.8) is 0 Å². The molecule has 0 saturated heterocycles. The molecule has 1 atom stereocenters. The zero-order chi connectivity index (χ0) is 24.4. The Morgan fingerprint density at radius 3 is 2.03 bits per heavy atom. The number of amides is 1. The second-order valence-corrected chi connectivity index (χ2v) is 7.19. The molecule has 3 aromatic carbocycles. The molecule has 4 nitrogen and oxygen atoms in total. The van der Waals surface area contributed by atoms with Crippen molar-refractivity contribution in [3.8, 4) is 0 Å². The molecular weight excluding hydrogens is 452 g/mol. The highest BCUT2D eigenvalue weighted by molar-refractivity contribution is 5.97. The molecule has 0 aliphatic rings. The number of alkyl halides is 6. The Kier molecular flexibility index (Phi) is 6.66. The molecule has 33 heavy (non-hydrogen) atoms. The molecule has 10 heteroatoms. The number of halogens is 6. The molecule has 1 amide bonds. The quantitative estimate of drug-likeness (QED) is 0.403. The molecule has 0 fully saturated rings. The molecule has 0 aromatic heterocycles. The molecular formula is C23H17F6NO3. The van der Waals surface area contributed by atoms with Gasteiger partial charge in [-0.05, 0) is 34.5 Å². The van der Waals surface area contributed by atoms with Gasteiger partial charge in [0, 0.05) is 12.0 Å². The third-order valence-electron chi connectivity index (χ3n) is 4.94. The summed E-state index contributed by atoms with van der Waals surface area (Å²) in [5.41, 5.74) is -3.52. The summed E-state index contributed by atoms with van der Waals surface area (Å²) in [6, 6.07) is 11.6. The maximum absolute atomic E-state index is 13.1. The van der Waals surface area contributed by atoms with E-state index >= 15 is 0 Å². The largest absolute Gasteiger partial charge is 0.467 e. The SMILES string of the molecule is COC(=O)[C@@H](Cc1cccc2ccccc12)NC(=O)c1cc(C(F)(F)F)cc(C(F)(F)F)c1. The van der Waals surface area contributed by atoms with Crippen LogP contribution in [0, 0.1) is 0 Å².